The standard InChI is InChI=1S/C19H27NO4S/c1-20(2)10-11-24-16-8-6-14(7-9-16)19(21)15-12-17-4-3-5-18(13-15)25(17,22)23/h6-9,15,17-18H,3-5,10-13H2,1-2H3. The van der Waals surface area contributed by atoms with Crippen molar-refractivity contribution in [3.05, 3.63) is 29.8 Å². The zero-order valence-corrected chi connectivity index (χ0v) is 15.8. The minimum absolute atomic E-state index is 0.0756. The third-order valence-electron chi connectivity index (χ3n) is 5.39. The summed E-state index contributed by atoms with van der Waals surface area (Å²) < 4.78 is 30.4. The molecule has 2 fully saturated rings. The molecule has 2 atom stereocenters. The Labute approximate surface area is 150 Å². The van der Waals surface area contributed by atoms with Gasteiger partial charge in [-0.15, -0.1) is 0 Å². The van der Waals surface area contributed by atoms with Crippen LogP contribution in [0.3, 0.4) is 0 Å². The molecular weight excluding hydrogens is 338 g/mol. The molecule has 0 amide bonds. The Hall–Kier alpha value is -1.40. The minimum atomic E-state index is -3.01. The van der Waals surface area contributed by atoms with Crippen molar-refractivity contribution >= 4 is 15.6 Å². The zero-order chi connectivity index (χ0) is 18.0. The number of sulfone groups is 1. The number of ether oxygens (including phenoxy) is 1. The summed E-state index contributed by atoms with van der Waals surface area (Å²) in [6, 6.07) is 7.24. The molecule has 2 heterocycles. The van der Waals surface area contributed by atoms with E-state index in [0.29, 0.717) is 37.9 Å². The fraction of sp³-hybridized carbons (Fsp3) is 0.632. The Morgan fingerprint density at radius 3 is 2.28 bits per heavy atom. The highest BCUT2D eigenvalue weighted by Crippen LogP contribution is 2.40. The van der Waals surface area contributed by atoms with Crippen molar-refractivity contribution in [2.24, 2.45) is 5.92 Å². The van der Waals surface area contributed by atoms with Crippen LogP contribution in [0.4, 0.5) is 0 Å². The van der Waals surface area contributed by atoms with E-state index in [4.69, 9.17) is 4.74 Å². The number of ketones is 1. The lowest BCUT2D eigenvalue weighted by Crippen LogP contribution is -2.45. The van der Waals surface area contributed by atoms with Crippen LogP contribution in [0.1, 0.15) is 42.5 Å². The summed E-state index contributed by atoms with van der Waals surface area (Å²) >= 11 is 0. The molecule has 0 aliphatic carbocycles. The average molecular weight is 365 g/mol. The summed E-state index contributed by atoms with van der Waals surface area (Å²) in [5, 5.41) is -0.634. The number of fused-ring (bicyclic) bond motifs is 2. The zero-order valence-electron chi connectivity index (χ0n) is 15.0. The first-order valence-corrected chi connectivity index (χ1v) is 10.6. The van der Waals surface area contributed by atoms with Crippen molar-refractivity contribution in [3.8, 4) is 5.75 Å². The Balaban J connectivity index is 1.63. The summed E-state index contributed by atoms with van der Waals surface area (Å²) in [6.07, 6.45) is 3.36. The first-order valence-electron chi connectivity index (χ1n) is 9.02. The van der Waals surface area contributed by atoms with Crippen LogP contribution in [0.15, 0.2) is 24.3 Å². The molecule has 6 heteroatoms. The monoisotopic (exact) mass is 365 g/mol. The van der Waals surface area contributed by atoms with Crippen molar-refractivity contribution in [2.75, 3.05) is 27.2 Å². The molecule has 0 N–H and O–H groups in total. The number of likely N-dealkylation sites (N-methyl/N-ethyl adjacent to an activating group) is 1. The molecule has 0 radical (unpaired) electrons. The molecule has 25 heavy (non-hydrogen) atoms. The molecule has 2 aliphatic heterocycles. The highest BCUT2D eigenvalue weighted by atomic mass is 32.2. The fourth-order valence-corrected chi connectivity index (χ4v) is 6.46. The smallest absolute Gasteiger partial charge is 0.166 e. The number of benzene rings is 1. The molecule has 0 saturated carbocycles. The van der Waals surface area contributed by atoms with Crippen molar-refractivity contribution in [1.29, 1.82) is 0 Å². The molecule has 0 spiro atoms. The van der Waals surface area contributed by atoms with Gasteiger partial charge in [0.05, 0.1) is 10.5 Å². The first kappa shape index (κ1) is 18.4. The number of Topliss-reactive ketones (excluding diaryl/α,β-unsaturated/α-hetero) is 1. The fourth-order valence-electron chi connectivity index (χ4n) is 3.92. The van der Waals surface area contributed by atoms with E-state index in [0.717, 1.165) is 18.7 Å². The van der Waals surface area contributed by atoms with Crippen molar-refractivity contribution < 1.29 is 17.9 Å². The second-order valence-corrected chi connectivity index (χ2v) is 9.98. The predicted octanol–water partition coefficient (Wildman–Crippen LogP) is 2.56. The Morgan fingerprint density at radius 1 is 1.12 bits per heavy atom. The van der Waals surface area contributed by atoms with Gasteiger partial charge in [0, 0.05) is 18.0 Å². The Morgan fingerprint density at radius 2 is 1.72 bits per heavy atom. The van der Waals surface area contributed by atoms with E-state index in [1.807, 2.05) is 31.1 Å². The molecule has 5 nitrogen and oxygen atoms in total. The third kappa shape index (κ3) is 4.06. The minimum Gasteiger partial charge on any atom is -0.492 e. The lowest BCUT2D eigenvalue weighted by molar-refractivity contribution is 0.0894. The molecule has 1 aromatic rings. The molecular formula is C19H27NO4S. The first-order chi connectivity index (χ1) is 11.9. The number of nitrogens with zero attached hydrogens (tertiary/aromatic N) is 1. The van der Waals surface area contributed by atoms with Gasteiger partial charge >= 0.3 is 0 Å². The molecule has 1 aromatic carbocycles. The molecule has 2 bridgehead atoms. The maximum atomic E-state index is 12.8. The van der Waals surface area contributed by atoms with Gasteiger partial charge in [-0.2, -0.15) is 0 Å². The van der Waals surface area contributed by atoms with E-state index in [1.165, 1.54) is 0 Å². The SMILES string of the molecule is CN(C)CCOc1ccc(C(=O)C2CC3CCCC(C2)S3(=O)=O)cc1. The maximum Gasteiger partial charge on any atom is 0.166 e. The average Bonchev–Trinajstić information content (AvgIpc) is 2.53. The van der Waals surface area contributed by atoms with E-state index < -0.39 is 9.84 Å². The number of carbonyl (C=O) groups excluding carboxylic acids is 1. The number of hydrogen-bond acceptors (Lipinski definition) is 5. The Bertz CT molecular complexity index is 691. The predicted molar refractivity (Wildman–Crippen MR) is 97.9 cm³/mol. The second-order valence-electron chi connectivity index (χ2n) is 7.47. The van der Waals surface area contributed by atoms with E-state index in [9.17, 15) is 13.2 Å². The van der Waals surface area contributed by atoms with Gasteiger partial charge in [0.15, 0.2) is 15.6 Å². The highest BCUT2D eigenvalue weighted by Gasteiger charge is 2.46. The van der Waals surface area contributed by atoms with Gasteiger partial charge in [0.1, 0.15) is 12.4 Å². The summed E-state index contributed by atoms with van der Waals surface area (Å²) in [5.41, 5.74) is 0.655. The molecule has 2 aliphatic rings. The van der Waals surface area contributed by atoms with E-state index in [-0.39, 0.29) is 22.2 Å². The van der Waals surface area contributed by atoms with Crippen LogP contribution in [0.2, 0.25) is 0 Å². The summed E-state index contributed by atoms with van der Waals surface area (Å²) in [6.45, 7) is 1.43. The Kier molecular flexibility index (Phi) is 5.49. The number of rotatable bonds is 6. The lowest BCUT2D eigenvalue weighted by Gasteiger charge is -2.38. The van der Waals surface area contributed by atoms with Crippen LogP contribution in [-0.2, 0) is 9.84 Å². The topological polar surface area (TPSA) is 63.7 Å². The summed E-state index contributed by atoms with van der Waals surface area (Å²) in [5.74, 6) is 0.660. The summed E-state index contributed by atoms with van der Waals surface area (Å²) in [7, 11) is 0.967. The molecule has 3 rings (SSSR count). The molecule has 0 aromatic heterocycles. The quantitative estimate of drug-likeness (QED) is 0.725. The van der Waals surface area contributed by atoms with Crippen molar-refractivity contribution in [2.45, 2.75) is 42.6 Å². The van der Waals surface area contributed by atoms with Crippen LogP contribution in [-0.4, -0.2) is 56.8 Å². The van der Waals surface area contributed by atoms with Crippen LogP contribution < -0.4 is 4.74 Å². The summed E-state index contributed by atoms with van der Waals surface area (Å²) in [4.78, 5) is 14.9. The van der Waals surface area contributed by atoms with Gasteiger partial charge in [-0.25, -0.2) is 8.42 Å². The second kappa shape index (κ2) is 7.46. The molecule has 138 valence electrons. The van der Waals surface area contributed by atoms with Gasteiger partial charge < -0.3 is 9.64 Å². The molecule has 2 saturated heterocycles. The van der Waals surface area contributed by atoms with Crippen LogP contribution >= 0.6 is 0 Å². The lowest BCUT2D eigenvalue weighted by atomic mass is 9.84. The highest BCUT2D eigenvalue weighted by molar-refractivity contribution is 7.92. The van der Waals surface area contributed by atoms with E-state index in [1.54, 1.807) is 12.1 Å². The van der Waals surface area contributed by atoms with Gasteiger partial charge in [-0.05, 0) is 64.0 Å². The largest absolute Gasteiger partial charge is 0.492 e. The van der Waals surface area contributed by atoms with Crippen molar-refractivity contribution in [3.63, 3.8) is 0 Å². The van der Waals surface area contributed by atoms with E-state index in [2.05, 4.69) is 0 Å². The van der Waals surface area contributed by atoms with Crippen LogP contribution in [0, 0.1) is 5.92 Å². The van der Waals surface area contributed by atoms with Gasteiger partial charge in [0.25, 0.3) is 0 Å². The van der Waals surface area contributed by atoms with E-state index >= 15 is 0 Å². The van der Waals surface area contributed by atoms with Crippen LogP contribution in [0.25, 0.3) is 0 Å². The normalized spacial score (nSPS) is 27.9. The van der Waals surface area contributed by atoms with Crippen LogP contribution in [0.5, 0.6) is 5.75 Å². The van der Waals surface area contributed by atoms with Crippen molar-refractivity contribution in [1.82, 2.24) is 4.90 Å². The van der Waals surface area contributed by atoms with Gasteiger partial charge in [-0.3, -0.25) is 4.79 Å². The van der Waals surface area contributed by atoms with Gasteiger partial charge in [-0.1, -0.05) is 6.42 Å². The number of carbonyl (C=O) groups is 1. The van der Waals surface area contributed by atoms with Gasteiger partial charge in [0.2, 0.25) is 0 Å². The number of hydrogen-bond donors (Lipinski definition) is 0. The third-order valence-corrected chi connectivity index (χ3v) is 8.11. The maximum absolute atomic E-state index is 12.8. The molecule has 2 unspecified atom stereocenters.